The van der Waals surface area contributed by atoms with Gasteiger partial charge in [-0.1, -0.05) is 23.7 Å². The Morgan fingerprint density at radius 3 is 2.56 bits per heavy atom. The van der Waals surface area contributed by atoms with Crippen molar-refractivity contribution < 1.29 is 19.1 Å². The molecule has 1 atom stereocenters. The molecule has 25 heavy (non-hydrogen) atoms. The molecule has 1 unspecified atom stereocenters. The van der Waals surface area contributed by atoms with Crippen LogP contribution in [0.3, 0.4) is 0 Å². The van der Waals surface area contributed by atoms with Crippen LogP contribution in [0.4, 0.5) is 0 Å². The monoisotopic (exact) mass is 362 g/mol. The van der Waals surface area contributed by atoms with Crippen molar-refractivity contribution in [2.45, 2.75) is 20.0 Å². The molecule has 0 radical (unpaired) electrons. The van der Waals surface area contributed by atoms with Crippen molar-refractivity contribution in [1.29, 1.82) is 0 Å². The van der Waals surface area contributed by atoms with E-state index < -0.39 is 17.9 Å². The van der Waals surface area contributed by atoms with E-state index in [2.05, 4.69) is 10.9 Å². The van der Waals surface area contributed by atoms with Crippen LogP contribution < -0.4 is 20.3 Å². The number of carbonyl (C=O) groups excluding carboxylic acids is 2. The summed E-state index contributed by atoms with van der Waals surface area (Å²) in [7, 11) is 1.43. The van der Waals surface area contributed by atoms with E-state index in [1.54, 1.807) is 19.1 Å². The second kappa shape index (κ2) is 8.39. The summed E-state index contributed by atoms with van der Waals surface area (Å²) in [5.41, 5.74) is 5.93. The number of amides is 2. The van der Waals surface area contributed by atoms with Gasteiger partial charge < -0.3 is 9.47 Å². The summed E-state index contributed by atoms with van der Waals surface area (Å²) >= 11 is 5.86. The van der Waals surface area contributed by atoms with E-state index in [0.717, 1.165) is 5.56 Å². The van der Waals surface area contributed by atoms with E-state index in [4.69, 9.17) is 21.1 Å². The molecular weight excluding hydrogens is 344 g/mol. The number of carbonyl (C=O) groups is 2. The molecule has 0 saturated heterocycles. The topological polar surface area (TPSA) is 76.7 Å². The highest BCUT2D eigenvalue weighted by Gasteiger charge is 2.17. The number of hydrazine groups is 1. The summed E-state index contributed by atoms with van der Waals surface area (Å²) in [6.45, 7) is 3.52. The molecule has 0 aliphatic rings. The molecule has 2 N–H and O–H groups in total. The third kappa shape index (κ3) is 5.12. The summed E-state index contributed by atoms with van der Waals surface area (Å²) in [4.78, 5) is 24.2. The van der Waals surface area contributed by atoms with Gasteiger partial charge in [-0.25, -0.2) is 0 Å². The van der Waals surface area contributed by atoms with Gasteiger partial charge in [0.1, 0.15) is 11.5 Å². The molecule has 132 valence electrons. The Hall–Kier alpha value is -2.73. The molecule has 2 aromatic rings. The van der Waals surface area contributed by atoms with Crippen molar-refractivity contribution in [2.24, 2.45) is 0 Å². The van der Waals surface area contributed by atoms with Crippen LogP contribution in [0.25, 0.3) is 0 Å². The number of ether oxygens (including phenoxy) is 2. The van der Waals surface area contributed by atoms with Crippen LogP contribution in [0.5, 0.6) is 11.5 Å². The predicted molar refractivity (Wildman–Crippen MR) is 94.9 cm³/mol. The summed E-state index contributed by atoms with van der Waals surface area (Å²) in [5, 5.41) is 0.442. The zero-order chi connectivity index (χ0) is 18.4. The number of benzene rings is 2. The van der Waals surface area contributed by atoms with Crippen LogP contribution in [0.15, 0.2) is 42.5 Å². The van der Waals surface area contributed by atoms with E-state index in [1.165, 1.54) is 19.2 Å². The lowest BCUT2D eigenvalue weighted by Gasteiger charge is -2.16. The van der Waals surface area contributed by atoms with Gasteiger partial charge in [0.15, 0.2) is 6.10 Å². The Morgan fingerprint density at radius 2 is 1.88 bits per heavy atom. The number of methoxy groups -OCH3 is 1. The van der Waals surface area contributed by atoms with Crippen LogP contribution in [0.2, 0.25) is 5.02 Å². The smallest absolute Gasteiger partial charge is 0.279 e. The standard InChI is InChI=1S/C18H19ClN2O4/c1-11-5-4-6-14(9-11)25-12(2)17(22)20-21-18(23)15-8-7-13(19)10-16(15)24-3/h4-10,12H,1-3H3,(H,20,22)(H,21,23). The van der Waals surface area contributed by atoms with Gasteiger partial charge in [0.05, 0.1) is 12.7 Å². The molecule has 2 amide bonds. The Labute approximate surface area is 151 Å². The van der Waals surface area contributed by atoms with Crippen molar-refractivity contribution in [3.8, 4) is 11.5 Å². The van der Waals surface area contributed by atoms with Gasteiger partial charge in [-0.2, -0.15) is 0 Å². The quantitative estimate of drug-likeness (QED) is 0.802. The molecule has 2 aromatic carbocycles. The minimum atomic E-state index is -0.783. The van der Waals surface area contributed by atoms with Crippen molar-refractivity contribution in [2.75, 3.05) is 7.11 Å². The number of nitrogens with one attached hydrogen (secondary N) is 2. The molecule has 0 heterocycles. The minimum absolute atomic E-state index is 0.249. The SMILES string of the molecule is COc1cc(Cl)ccc1C(=O)NNC(=O)C(C)Oc1cccc(C)c1. The van der Waals surface area contributed by atoms with Gasteiger partial charge in [-0.3, -0.25) is 20.4 Å². The van der Waals surface area contributed by atoms with E-state index >= 15 is 0 Å². The lowest BCUT2D eigenvalue weighted by Crippen LogP contribution is -2.47. The fourth-order valence-corrected chi connectivity index (χ4v) is 2.25. The normalized spacial score (nSPS) is 11.4. The molecular formula is C18H19ClN2O4. The highest BCUT2D eigenvalue weighted by atomic mass is 35.5. The molecule has 7 heteroatoms. The third-order valence-electron chi connectivity index (χ3n) is 3.38. The average Bonchev–Trinajstić information content (AvgIpc) is 2.59. The third-order valence-corrected chi connectivity index (χ3v) is 3.61. The Morgan fingerprint density at radius 1 is 1.12 bits per heavy atom. The Kier molecular flexibility index (Phi) is 6.25. The molecule has 2 rings (SSSR count). The maximum Gasteiger partial charge on any atom is 0.279 e. The molecule has 0 aliphatic heterocycles. The molecule has 6 nitrogen and oxygen atoms in total. The lowest BCUT2D eigenvalue weighted by molar-refractivity contribution is -0.128. The maximum absolute atomic E-state index is 12.2. The van der Waals surface area contributed by atoms with Gasteiger partial charge in [-0.15, -0.1) is 0 Å². The van der Waals surface area contributed by atoms with Crippen LogP contribution in [0, 0.1) is 6.92 Å². The van der Waals surface area contributed by atoms with Gasteiger partial charge in [-0.05, 0) is 49.7 Å². The zero-order valence-corrected chi connectivity index (χ0v) is 14.9. The maximum atomic E-state index is 12.2. The van der Waals surface area contributed by atoms with Crippen LogP contribution in [-0.2, 0) is 4.79 Å². The van der Waals surface area contributed by atoms with Gasteiger partial charge in [0, 0.05) is 5.02 Å². The van der Waals surface area contributed by atoms with Crippen molar-refractivity contribution >= 4 is 23.4 Å². The van der Waals surface area contributed by atoms with Crippen LogP contribution in [0.1, 0.15) is 22.8 Å². The van der Waals surface area contributed by atoms with Crippen molar-refractivity contribution in [1.82, 2.24) is 10.9 Å². The van der Waals surface area contributed by atoms with Gasteiger partial charge >= 0.3 is 0 Å². The summed E-state index contributed by atoms with van der Waals surface area (Å²) in [6, 6.07) is 11.9. The van der Waals surface area contributed by atoms with E-state index in [9.17, 15) is 9.59 Å². The predicted octanol–water partition coefficient (Wildman–Crippen LogP) is 2.89. The first-order valence-electron chi connectivity index (χ1n) is 7.57. The van der Waals surface area contributed by atoms with E-state index in [1.807, 2.05) is 25.1 Å². The number of rotatable bonds is 5. The van der Waals surface area contributed by atoms with Crippen molar-refractivity contribution in [3.05, 3.63) is 58.6 Å². The fraction of sp³-hybridized carbons (Fsp3) is 0.222. The number of hydrogen-bond donors (Lipinski definition) is 2. The first kappa shape index (κ1) is 18.6. The molecule has 0 aromatic heterocycles. The summed E-state index contributed by atoms with van der Waals surface area (Å²) in [6.07, 6.45) is -0.783. The zero-order valence-electron chi connectivity index (χ0n) is 14.1. The lowest BCUT2D eigenvalue weighted by atomic mass is 10.2. The second-order valence-electron chi connectivity index (χ2n) is 5.36. The van der Waals surface area contributed by atoms with E-state index in [0.29, 0.717) is 16.5 Å². The summed E-state index contributed by atoms with van der Waals surface area (Å²) < 4.78 is 10.7. The van der Waals surface area contributed by atoms with Gasteiger partial charge in [0.2, 0.25) is 0 Å². The average molecular weight is 363 g/mol. The fourth-order valence-electron chi connectivity index (χ4n) is 2.09. The Bertz CT molecular complexity index is 779. The molecule has 0 aliphatic carbocycles. The first-order valence-corrected chi connectivity index (χ1v) is 7.95. The Balaban J connectivity index is 1.94. The number of aryl methyl sites for hydroxylation is 1. The van der Waals surface area contributed by atoms with E-state index in [-0.39, 0.29) is 5.56 Å². The molecule has 0 fully saturated rings. The highest BCUT2D eigenvalue weighted by Crippen LogP contribution is 2.22. The molecule has 0 spiro atoms. The number of hydrogen-bond acceptors (Lipinski definition) is 4. The van der Waals surface area contributed by atoms with Crippen molar-refractivity contribution in [3.63, 3.8) is 0 Å². The van der Waals surface area contributed by atoms with Crippen LogP contribution >= 0.6 is 11.6 Å². The molecule has 0 bridgehead atoms. The first-order chi connectivity index (χ1) is 11.9. The second-order valence-corrected chi connectivity index (χ2v) is 5.80. The van der Waals surface area contributed by atoms with Gasteiger partial charge in [0.25, 0.3) is 11.8 Å². The largest absolute Gasteiger partial charge is 0.496 e. The highest BCUT2D eigenvalue weighted by molar-refractivity contribution is 6.30. The summed E-state index contributed by atoms with van der Waals surface area (Å²) in [5.74, 6) is -0.121. The minimum Gasteiger partial charge on any atom is -0.496 e. The van der Waals surface area contributed by atoms with Crippen LogP contribution in [-0.4, -0.2) is 25.0 Å². The molecule has 0 saturated carbocycles. The number of halogens is 1.